The van der Waals surface area contributed by atoms with Crippen LogP contribution in [-0.2, 0) is 0 Å². The van der Waals surface area contributed by atoms with Gasteiger partial charge in [0.15, 0.2) is 0 Å². The standard InChI is InChI=1S/C17H16N4OS/c1-23-16-12(5-4-8-18-16)17(22)21-9-11(10-21)15-19-13-6-2-3-7-14(13)20-15/h2-8,11H,9-10H2,1H3,(H,19,20). The Kier molecular flexibility index (Phi) is 3.53. The molecule has 1 fully saturated rings. The van der Waals surface area contributed by atoms with Gasteiger partial charge in [-0.25, -0.2) is 9.97 Å². The van der Waals surface area contributed by atoms with Crippen LogP contribution in [0, 0.1) is 0 Å². The maximum atomic E-state index is 12.6. The SMILES string of the molecule is CSc1ncccc1C(=O)N1CC(c2nc3ccccc3[nH]2)C1. The van der Waals surface area contributed by atoms with Gasteiger partial charge in [0.05, 0.1) is 22.5 Å². The first kappa shape index (κ1) is 14.3. The highest BCUT2D eigenvalue weighted by Gasteiger charge is 2.35. The number of pyridine rings is 1. The van der Waals surface area contributed by atoms with E-state index in [1.54, 1.807) is 6.20 Å². The molecule has 0 atom stereocenters. The third-order valence-corrected chi connectivity index (χ3v) is 4.87. The van der Waals surface area contributed by atoms with Crippen molar-refractivity contribution in [1.29, 1.82) is 0 Å². The number of H-pyrrole nitrogens is 1. The molecule has 0 saturated carbocycles. The molecule has 1 aromatic carbocycles. The molecule has 0 bridgehead atoms. The van der Waals surface area contributed by atoms with Crippen LogP contribution in [0.5, 0.6) is 0 Å². The predicted octanol–water partition coefficient (Wildman–Crippen LogP) is 2.92. The summed E-state index contributed by atoms with van der Waals surface area (Å²) >= 11 is 1.50. The zero-order chi connectivity index (χ0) is 15.8. The van der Waals surface area contributed by atoms with Crippen molar-refractivity contribution in [1.82, 2.24) is 19.9 Å². The number of benzene rings is 1. The van der Waals surface area contributed by atoms with E-state index >= 15 is 0 Å². The van der Waals surface area contributed by atoms with Gasteiger partial charge in [-0.15, -0.1) is 11.8 Å². The van der Waals surface area contributed by atoms with Gasteiger partial charge in [-0.1, -0.05) is 12.1 Å². The lowest BCUT2D eigenvalue weighted by atomic mass is 9.98. The Labute approximate surface area is 138 Å². The average molecular weight is 324 g/mol. The number of fused-ring (bicyclic) bond motifs is 1. The number of aromatic nitrogens is 3. The van der Waals surface area contributed by atoms with Gasteiger partial charge < -0.3 is 9.88 Å². The number of hydrogen-bond donors (Lipinski definition) is 1. The van der Waals surface area contributed by atoms with Gasteiger partial charge in [0, 0.05) is 19.3 Å². The van der Waals surface area contributed by atoms with E-state index in [4.69, 9.17) is 0 Å². The summed E-state index contributed by atoms with van der Waals surface area (Å²) in [6, 6.07) is 11.6. The van der Waals surface area contributed by atoms with E-state index < -0.39 is 0 Å². The Balaban J connectivity index is 1.49. The minimum atomic E-state index is 0.0508. The maximum absolute atomic E-state index is 12.6. The molecule has 0 spiro atoms. The molecule has 0 aliphatic carbocycles. The minimum Gasteiger partial charge on any atom is -0.342 e. The number of para-hydroxylation sites is 2. The van der Waals surface area contributed by atoms with Gasteiger partial charge in [0.25, 0.3) is 5.91 Å². The molecule has 2 aromatic heterocycles. The van der Waals surface area contributed by atoms with E-state index in [1.807, 2.05) is 47.6 Å². The fourth-order valence-electron chi connectivity index (χ4n) is 2.87. The van der Waals surface area contributed by atoms with E-state index in [0.717, 1.165) is 21.9 Å². The molecule has 3 aromatic rings. The Morgan fingerprint density at radius 2 is 2.09 bits per heavy atom. The lowest BCUT2D eigenvalue weighted by Crippen LogP contribution is -2.49. The third kappa shape index (κ3) is 2.49. The second kappa shape index (κ2) is 5.70. The average Bonchev–Trinajstić information content (AvgIpc) is 2.96. The van der Waals surface area contributed by atoms with Crippen LogP contribution in [0.1, 0.15) is 22.1 Å². The maximum Gasteiger partial charge on any atom is 0.256 e. The Bertz CT molecular complexity index is 837. The van der Waals surface area contributed by atoms with Gasteiger partial charge in [-0.3, -0.25) is 4.79 Å². The third-order valence-electron chi connectivity index (χ3n) is 4.16. The molecule has 3 heterocycles. The lowest BCUT2D eigenvalue weighted by Gasteiger charge is -2.38. The van der Waals surface area contributed by atoms with Crippen molar-refractivity contribution in [3.8, 4) is 0 Å². The molecule has 0 radical (unpaired) electrons. The van der Waals surface area contributed by atoms with Crippen molar-refractivity contribution in [3.05, 3.63) is 54.0 Å². The van der Waals surface area contributed by atoms with Crippen LogP contribution in [0.3, 0.4) is 0 Å². The number of carbonyl (C=O) groups excluding carboxylic acids is 1. The van der Waals surface area contributed by atoms with Crippen molar-refractivity contribution in [2.75, 3.05) is 19.3 Å². The number of aromatic amines is 1. The number of thioether (sulfide) groups is 1. The number of likely N-dealkylation sites (tertiary alicyclic amines) is 1. The first-order valence-electron chi connectivity index (χ1n) is 7.49. The number of imidazole rings is 1. The largest absolute Gasteiger partial charge is 0.342 e. The zero-order valence-electron chi connectivity index (χ0n) is 12.7. The topological polar surface area (TPSA) is 61.9 Å². The molecule has 1 aliphatic heterocycles. The quantitative estimate of drug-likeness (QED) is 0.753. The molecule has 1 saturated heterocycles. The van der Waals surface area contributed by atoms with Crippen molar-refractivity contribution in [2.45, 2.75) is 10.9 Å². The highest BCUT2D eigenvalue weighted by atomic mass is 32.2. The molecular formula is C17H16N4OS. The molecule has 1 amide bonds. The van der Waals surface area contributed by atoms with E-state index in [0.29, 0.717) is 18.7 Å². The van der Waals surface area contributed by atoms with Crippen molar-refractivity contribution in [2.24, 2.45) is 0 Å². The van der Waals surface area contributed by atoms with Gasteiger partial charge in [0.2, 0.25) is 0 Å². The molecule has 5 nitrogen and oxygen atoms in total. The number of nitrogens with zero attached hydrogens (tertiary/aromatic N) is 3. The molecule has 116 valence electrons. The van der Waals surface area contributed by atoms with Crippen LogP contribution < -0.4 is 0 Å². The normalized spacial score (nSPS) is 14.9. The van der Waals surface area contributed by atoms with E-state index in [-0.39, 0.29) is 11.8 Å². The van der Waals surface area contributed by atoms with Crippen LogP contribution in [0.2, 0.25) is 0 Å². The Morgan fingerprint density at radius 1 is 1.26 bits per heavy atom. The monoisotopic (exact) mass is 324 g/mol. The van der Waals surface area contributed by atoms with E-state index in [9.17, 15) is 4.79 Å². The molecular weight excluding hydrogens is 308 g/mol. The first-order chi connectivity index (χ1) is 11.3. The molecule has 1 N–H and O–H groups in total. The molecule has 1 aliphatic rings. The van der Waals surface area contributed by atoms with Crippen LogP contribution in [0.15, 0.2) is 47.6 Å². The van der Waals surface area contributed by atoms with Gasteiger partial charge in [0.1, 0.15) is 10.9 Å². The molecule has 6 heteroatoms. The van der Waals surface area contributed by atoms with Crippen LogP contribution in [0.4, 0.5) is 0 Å². The van der Waals surface area contributed by atoms with Gasteiger partial charge in [-0.2, -0.15) is 0 Å². The summed E-state index contributed by atoms with van der Waals surface area (Å²) in [6.45, 7) is 1.39. The Hall–Kier alpha value is -2.34. The molecule has 0 unspecified atom stereocenters. The number of nitrogens with one attached hydrogen (secondary N) is 1. The van der Waals surface area contributed by atoms with Gasteiger partial charge in [-0.05, 0) is 30.5 Å². The minimum absolute atomic E-state index is 0.0508. The van der Waals surface area contributed by atoms with E-state index in [1.165, 1.54) is 11.8 Å². The Morgan fingerprint density at radius 3 is 2.87 bits per heavy atom. The smallest absolute Gasteiger partial charge is 0.256 e. The predicted molar refractivity (Wildman–Crippen MR) is 90.8 cm³/mol. The van der Waals surface area contributed by atoms with Crippen molar-refractivity contribution >= 4 is 28.7 Å². The fraction of sp³-hybridized carbons (Fsp3) is 0.235. The zero-order valence-corrected chi connectivity index (χ0v) is 13.5. The second-order valence-electron chi connectivity index (χ2n) is 5.61. The number of rotatable bonds is 3. The summed E-state index contributed by atoms with van der Waals surface area (Å²) in [5, 5.41) is 0.782. The summed E-state index contributed by atoms with van der Waals surface area (Å²) < 4.78 is 0. The van der Waals surface area contributed by atoms with Crippen molar-refractivity contribution < 1.29 is 4.79 Å². The van der Waals surface area contributed by atoms with Crippen LogP contribution >= 0.6 is 11.8 Å². The lowest BCUT2D eigenvalue weighted by molar-refractivity contribution is 0.0591. The van der Waals surface area contributed by atoms with E-state index in [2.05, 4.69) is 15.0 Å². The van der Waals surface area contributed by atoms with Crippen molar-refractivity contribution in [3.63, 3.8) is 0 Å². The van der Waals surface area contributed by atoms with Gasteiger partial charge >= 0.3 is 0 Å². The second-order valence-corrected chi connectivity index (χ2v) is 6.40. The fourth-order valence-corrected chi connectivity index (χ4v) is 3.41. The highest BCUT2D eigenvalue weighted by Crippen LogP contribution is 2.29. The summed E-state index contributed by atoms with van der Waals surface area (Å²) in [5.74, 6) is 1.29. The number of carbonyl (C=O) groups is 1. The summed E-state index contributed by atoms with van der Waals surface area (Å²) in [6.07, 6.45) is 3.66. The molecule has 4 rings (SSSR count). The van der Waals surface area contributed by atoms with Crippen LogP contribution in [0.25, 0.3) is 11.0 Å². The summed E-state index contributed by atoms with van der Waals surface area (Å²) in [5.41, 5.74) is 2.71. The highest BCUT2D eigenvalue weighted by molar-refractivity contribution is 7.98. The molecule has 23 heavy (non-hydrogen) atoms. The summed E-state index contributed by atoms with van der Waals surface area (Å²) in [7, 11) is 0. The number of amides is 1. The summed E-state index contributed by atoms with van der Waals surface area (Å²) in [4.78, 5) is 26.7. The van der Waals surface area contributed by atoms with Crippen LogP contribution in [-0.4, -0.2) is 45.1 Å². The number of hydrogen-bond acceptors (Lipinski definition) is 4. The first-order valence-corrected chi connectivity index (χ1v) is 8.71.